The molecule has 0 saturated carbocycles. The number of rotatable bonds is 6. The smallest absolute Gasteiger partial charge is 0.274 e. The molecule has 176 valence electrons. The van der Waals surface area contributed by atoms with Crippen LogP contribution in [0.2, 0.25) is 0 Å². The van der Waals surface area contributed by atoms with Crippen LogP contribution in [0.15, 0.2) is 16.9 Å². The molecule has 2 amide bonds. The fraction of sp³-hybridized carbons (Fsp3) is 0.409. The van der Waals surface area contributed by atoms with Gasteiger partial charge < -0.3 is 25.2 Å². The van der Waals surface area contributed by atoms with Gasteiger partial charge in [-0.05, 0) is 19.9 Å². The van der Waals surface area contributed by atoms with Crippen LogP contribution in [0, 0.1) is 17.5 Å². The van der Waals surface area contributed by atoms with E-state index in [1.165, 1.54) is 9.47 Å². The molecule has 0 spiro atoms. The van der Waals surface area contributed by atoms with E-state index in [1.807, 2.05) is 6.92 Å². The molecular weight excluding hydrogens is 441 g/mol. The Balaban J connectivity index is 1.79. The highest BCUT2D eigenvalue weighted by molar-refractivity contribution is 6.00. The minimum absolute atomic E-state index is 0.166. The van der Waals surface area contributed by atoms with Gasteiger partial charge in [0.05, 0.1) is 17.8 Å². The first kappa shape index (κ1) is 22.8. The molecule has 1 aromatic heterocycles. The normalized spacial score (nSPS) is 19.1. The number of hydrogen-bond acceptors (Lipinski definition) is 5. The summed E-state index contributed by atoms with van der Waals surface area (Å²) in [7, 11) is 0. The second kappa shape index (κ2) is 8.54. The molecule has 3 N–H and O–H groups in total. The minimum atomic E-state index is -1.18. The lowest BCUT2D eigenvalue weighted by Crippen LogP contribution is -2.44. The van der Waals surface area contributed by atoms with Gasteiger partial charge in [-0.25, -0.2) is 13.2 Å². The van der Waals surface area contributed by atoms with Gasteiger partial charge in [-0.1, -0.05) is 6.92 Å². The number of nitrogens with one attached hydrogen (secondary N) is 2. The van der Waals surface area contributed by atoms with Crippen LogP contribution in [-0.4, -0.2) is 46.0 Å². The summed E-state index contributed by atoms with van der Waals surface area (Å²) in [5, 5.41) is 16.1. The third kappa shape index (κ3) is 3.65. The van der Waals surface area contributed by atoms with Gasteiger partial charge in [-0.2, -0.15) is 0 Å². The van der Waals surface area contributed by atoms with E-state index < -0.39 is 64.2 Å². The van der Waals surface area contributed by atoms with Crippen molar-refractivity contribution in [3.63, 3.8) is 0 Å². The molecule has 4 rings (SSSR count). The monoisotopic (exact) mass is 464 g/mol. The van der Waals surface area contributed by atoms with Gasteiger partial charge in [0.2, 0.25) is 5.43 Å². The van der Waals surface area contributed by atoms with Crippen molar-refractivity contribution in [3.8, 4) is 5.75 Å². The number of aromatic hydroxyl groups is 1. The van der Waals surface area contributed by atoms with E-state index in [0.29, 0.717) is 38.2 Å². The van der Waals surface area contributed by atoms with Gasteiger partial charge >= 0.3 is 0 Å². The average molecular weight is 464 g/mol. The first-order valence-corrected chi connectivity index (χ1v) is 10.6. The number of benzene rings is 1. The SMILES string of the molecule is CCN[C@@H]1C[C@@H]2CN(CC)C(=O)c3c(O)c(=O)c(C(=O)NCc4c(F)cc(F)cc4F)c1n32. The number of aromatic nitrogens is 1. The van der Waals surface area contributed by atoms with E-state index in [9.17, 15) is 32.7 Å². The average Bonchev–Trinajstić information content (AvgIpc) is 3.09. The Hall–Kier alpha value is -3.34. The Labute approximate surface area is 187 Å². The van der Waals surface area contributed by atoms with Crippen molar-refractivity contribution in [3.05, 3.63) is 62.3 Å². The van der Waals surface area contributed by atoms with Crippen molar-refractivity contribution in [2.75, 3.05) is 19.6 Å². The number of likely N-dealkylation sites (N-methyl/N-ethyl adjacent to an activating group) is 1. The summed E-state index contributed by atoms with van der Waals surface area (Å²) >= 11 is 0. The molecule has 0 unspecified atom stereocenters. The Morgan fingerprint density at radius 1 is 1.18 bits per heavy atom. The molecule has 2 aliphatic rings. The first-order chi connectivity index (χ1) is 15.7. The maximum absolute atomic E-state index is 14.0. The van der Waals surface area contributed by atoms with Gasteiger partial charge in [0.1, 0.15) is 23.0 Å². The topological polar surface area (TPSA) is 104 Å². The Bertz CT molecular complexity index is 1190. The number of amides is 2. The molecule has 0 radical (unpaired) electrons. The number of carbonyl (C=O) groups is 2. The Kier molecular flexibility index (Phi) is 5.91. The second-order valence-electron chi connectivity index (χ2n) is 8.03. The van der Waals surface area contributed by atoms with E-state index >= 15 is 0 Å². The van der Waals surface area contributed by atoms with Crippen molar-refractivity contribution >= 4 is 11.8 Å². The number of pyridine rings is 1. The lowest BCUT2D eigenvalue weighted by molar-refractivity contribution is 0.0675. The molecule has 3 heterocycles. The number of hydrogen-bond donors (Lipinski definition) is 3. The summed E-state index contributed by atoms with van der Waals surface area (Å²) in [5.74, 6) is -5.78. The summed E-state index contributed by atoms with van der Waals surface area (Å²) < 4.78 is 42.6. The summed E-state index contributed by atoms with van der Waals surface area (Å²) in [6.07, 6.45) is 0.481. The molecule has 11 heteroatoms. The van der Waals surface area contributed by atoms with Gasteiger partial charge in [0.15, 0.2) is 11.4 Å². The van der Waals surface area contributed by atoms with Crippen LogP contribution >= 0.6 is 0 Å². The van der Waals surface area contributed by atoms with Gasteiger partial charge in [-0.3, -0.25) is 14.4 Å². The van der Waals surface area contributed by atoms with Crippen LogP contribution in [0.3, 0.4) is 0 Å². The second-order valence-corrected chi connectivity index (χ2v) is 8.03. The zero-order chi connectivity index (χ0) is 24.0. The fourth-order valence-electron chi connectivity index (χ4n) is 4.67. The van der Waals surface area contributed by atoms with E-state index in [2.05, 4.69) is 10.6 Å². The number of halogens is 3. The summed E-state index contributed by atoms with van der Waals surface area (Å²) in [6.45, 7) is 4.25. The molecule has 0 aliphatic carbocycles. The predicted octanol–water partition coefficient (Wildman–Crippen LogP) is 1.97. The number of nitrogens with zero attached hydrogens (tertiary/aromatic N) is 2. The maximum Gasteiger partial charge on any atom is 0.274 e. The largest absolute Gasteiger partial charge is 0.503 e. The molecule has 0 saturated heterocycles. The van der Waals surface area contributed by atoms with Crippen molar-refractivity contribution < 1.29 is 27.9 Å². The van der Waals surface area contributed by atoms with Crippen LogP contribution in [-0.2, 0) is 6.54 Å². The summed E-state index contributed by atoms with van der Waals surface area (Å²) in [5.41, 5.74) is -1.92. The highest BCUT2D eigenvalue weighted by Gasteiger charge is 2.44. The first-order valence-electron chi connectivity index (χ1n) is 10.6. The molecule has 0 bridgehead atoms. The van der Waals surface area contributed by atoms with E-state index in [0.717, 1.165) is 0 Å². The van der Waals surface area contributed by atoms with Crippen molar-refractivity contribution in [2.24, 2.45) is 0 Å². The van der Waals surface area contributed by atoms with E-state index in [-0.39, 0.29) is 17.4 Å². The lowest BCUT2D eigenvalue weighted by atomic mass is 10.0. The standard InChI is InChI=1S/C22H23F3N4O4/c1-3-26-15-7-11-9-28(4-2)22(33)18-20(31)19(30)16(17(15)29(11)18)21(32)27-8-12-13(24)5-10(23)6-14(12)25/h5-6,11,15,26,31H,3-4,7-9H2,1-2H3,(H,27,32)/t11-,15-/m1/s1. The lowest BCUT2D eigenvalue weighted by Gasteiger charge is -2.33. The Morgan fingerprint density at radius 2 is 1.85 bits per heavy atom. The maximum atomic E-state index is 14.0. The predicted molar refractivity (Wildman–Crippen MR) is 112 cm³/mol. The fourth-order valence-corrected chi connectivity index (χ4v) is 4.67. The van der Waals surface area contributed by atoms with Crippen LogP contribution in [0.25, 0.3) is 0 Å². The third-order valence-corrected chi connectivity index (χ3v) is 6.14. The highest BCUT2D eigenvalue weighted by atomic mass is 19.1. The molecule has 0 fully saturated rings. The molecular formula is C22H23F3N4O4. The molecule has 2 atom stereocenters. The molecule has 1 aromatic carbocycles. The Morgan fingerprint density at radius 3 is 2.45 bits per heavy atom. The van der Waals surface area contributed by atoms with Crippen LogP contribution in [0.4, 0.5) is 13.2 Å². The third-order valence-electron chi connectivity index (χ3n) is 6.14. The highest BCUT2D eigenvalue weighted by Crippen LogP contribution is 2.42. The molecule has 8 nitrogen and oxygen atoms in total. The summed E-state index contributed by atoms with van der Waals surface area (Å²) in [6, 6.07) is 0.264. The zero-order valence-corrected chi connectivity index (χ0v) is 18.0. The molecule has 33 heavy (non-hydrogen) atoms. The summed E-state index contributed by atoms with van der Waals surface area (Å²) in [4.78, 5) is 40.5. The van der Waals surface area contributed by atoms with Crippen molar-refractivity contribution in [1.29, 1.82) is 0 Å². The zero-order valence-electron chi connectivity index (χ0n) is 18.0. The van der Waals surface area contributed by atoms with Crippen molar-refractivity contribution in [2.45, 2.75) is 38.9 Å². The van der Waals surface area contributed by atoms with Crippen LogP contribution in [0.1, 0.15) is 64.5 Å². The van der Waals surface area contributed by atoms with E-state index in [4.69, 9.17) is 0 Å². The van der Waals surface area contributed by atoms with Gasteiger partial charge in [-0.15, -0.1) is 0 Å². The number of carbonyl (C=O) groups excluding carboxylic acids is 2. The quantitative estimate of drug-likeness (QED) is 0.607. The van der Waals surface area contributed by atoms with Gasteiger partial charge in [0, 0.05) is 37.3 Å². The molecule has 2 aromatic rings. The van der Waals surface area contributed by atoms with Crippen LogP contribution in [0.5, 0.6) is 5.75 Å². The van der Waals surface area contributed by atoms with Crippen molar-refractivity contribution in [1.82, 2.24) is 20.1 Å². The van der Waals surface area contributed by atoms with Gasteiger partial charge in [0.25, 0.3) is 11.8 Å². The van der Waals surface area contributed by atoms with Crippen LogP contribution < -0.4 is 16.1 Å². The minimum Gasteiger partial charge on any atom is -0.503 e. The van der Waals surface area contributed by atoms with E-state index in [1.54, 1.807) is 6.92 Å². The molecule has 2 aliphatic heterocycles.